The van der Waals surface area contributed by atoms with Crippen LogP contribution < -0.4 is 10.1 Å². The maximum absolute atomic E-state index is 11.5. The summed E-state index contributed by atoms with van der Waals surface area (Å²) in [7, 11) is 2.13. The molecule has 1 aromatic carbocycles. The Kier molecular flexibility index (Phi) is 5.68. The number of nitrogens with one attached hydrogen (secondary N) is 1. The minimum Gasteiger partial charge on any atom is -0.493 e. The first-order chi connectivity index (χ1) is 12.6. The van der Waals surface area contributed by atoms with Gasteiger partial charge in [-0.3, -0.25) is 0 Å². The van der Waals surface area contributed by atoms with Crippen molar-refractivity contribution in [3.8, 4) is 17.0 Å². The highest BCUT2D eigenvalue weighted by Gasteiger charge is 2.19. The van der Waals surface area contributed by atoms with E-state index in [9.17, 15) is 9.90 Å². The minimum absolute atomic E-state index is 0.131. The average molecular weight is 356 g/mol. The van der Waals surface area contributed by atoms with E-state index in [1.807, 2.05) is 13.0 Å². The second-order valence-corrected chi connectivity index (χ2v) is 6.51. The van der Waals surface area contributed by atoms with Gasteiger partial charge in [0.15, 0.2) is 0 Å². The molecular weight excluding hydrogens is 332 g/mol. The van der Waals surface area contributed by atoms with Crippen molar-refractivity contribution in [1.82, 2.24) is 14.9 Å². The molecule has 7 heteroatoms. The first-order valence-corrected chi connectivity index (χ1v) is 8.82. The van der Waals surface area contributed by atoms with Crippen molar-refractivity contribution in [3.63, 3.8) is 0 Å². The molecule has 3 rings (SSSR count). The topological polar surface area (TPSA) is 87.6 Å². The zero-order valence-corrected chi connectivity index (χ0v) is 15.1. The molecule has 2 N–H and O–H groups in total. The van der Waals surface area contributed by atoms with E-state index in [2.05, 4.69) is 27.2 Å². The molecule has 1 atom stereocenters. The van der Waals surface area contributed by atoms with E-state index in [4.69, 9.17) is 4.74 Å². The Labute approximate surface area is 153 Å². The zero-order valence-electron chi connectivity index (χ0n) is 15.1. The van der Waals surface area contributed by atoms with Gasteiger partial charge in [-0.05, 0) is 57.1 Å². The first kappa shape index (κ1) is 18.1. The summed E-state index contributed by atoms with van der Waals surface area (Å²) < 4.78 is 5.39. The first-order valence-electron chi connectivity index (χ1n) is 8.82. The number of carbonyl (C=O) groups is 1. The third-order valence-electron chi connectivity index (χ3n) is 4.50. The van der Waals surface area contributed by atoms with E-state index in [1.54, 1.807) is 24.4 Å². The third-order valence-corrected chi connectivity index (χ3v) is 4.50. The summed E-state index contributed by atoms with van der Waals surface area (Å²) in [5.41, 5.74) is 1.53. The molecular formula is C19H24N4O3. The van der Waals surface area contributed by atoms with Crippen molar-refractivity contribution in [3.05, 3.63) is 36.0 Å². The van der Waals surface area contributed by atoms with Gasteiger partial charge in [0, 0.05) is 24.8 Å². The van der Waals surface area contributed by atoms with E-state index in [1.165, 1.54) is 6.42 Å². The lowest BCUT2D eigenvalue weighted by molar-refractivity contribution is 0.0692. The highest BCUT2D eigenvalue weighted by Crippen LogP contribution is 2.26. The number of anilines is 1. The number of aromatic nitrogens is 2. The molecule has 0 amide bonds. The van der Waals surface area contributed by atoms with E-state index in [0.29, 0.717) is 29.9 Å². The van der Waals surface area contributed by atoms with Crippen molar-refractivity contribution in [2.75, 3.05) is 38.6 Å². The van der Waals surface area contributed by atoms with Gasteiger partial charge >= 0.3 is 5.97 Å². The maximum atomic E-state index is 11.5. The van der Waals surface area contributed by atoms with Gasteiger partial charge < -0.3 is 20.1 Å². The summed E-state index contributed by atoms with van der Waals surface area (Å²) in [4.78, 5) is 22.6. The Morgan fingerprint density at radius 2 is 2.27 bits per heavy atom. The van der Waals surface area contributed by atoms with Crippen LogP contribution in [-0.4, -0.2) is 59.2 Å². The molecule has 0 spiro atoms. The van der Waals surface area contributed by atoms with Gasteiger partial charge in [0.2, 0.25) is 5.95 Å². The fourth-order valence-electron chi connectivity index (χ4n) is 3.17. The third kappa shape index (κ3) is 4.29. The number of rotatable bonds is 7. The minimum atomic E-state index is -1.02. The summed E-state index contributed by atoms with van der Waals surface area (Å²) in [6.07, 6.45) is 2.85. The van der Waals surface area contributed by atoms with Gasteiger partial charge in [-0.15, -0.1) is 0 Å². The van der Waals surface area contributed by atoms with Crippen LogP contribution in [-0.2, 0) is 0 Å². The predicted molar refractivity (Wildman–Crippen MR) is 99.7 cm³/mol. The van der Waals surface area contributed by atoms with Crippen LogP contribution in [0.1, 0.15) is 23.7 Å². The van der Waals surface area contributed by atoms with Crippen LogP contribution in [0.2, 0.25) is 0 Å². The zero-order chi connectivity index (χ0) is 18.5. The lowest BCUT2D eigenvalue weighted by atomic mass is 10.1. The summed E-state index contributed by atoms with van der Waals surface area (Å²) in [6, 6.07) is 6.85. The second-order valence-electron chi connectivity index (χ2n) is 6.51. The average Bonchev–Trinajstić information content (AvgIpc) is 3.06. The van der Waals surface area contributed by atoms with E-state index in [-0.39, 0.29) is 5.56 Å². The van der Waals surface area contributed by atoms with Crippen LogP contribution in [0.25, 0.3) is 11.3 Å². The number of hydrogen-bond acceptors (Lipinski definition) is 6. The number of benzene rings is 1. The monoisotopic (exact) mass is 356 g/mol. The van der Waals surface area contributed by atoms with Gasteiger partial charge in [0.25, 0.3) is 0 Å². The number of carboxylic acid groups (broad SMARTS) is 1. The molecule has 7 nitrogen and oxygen atoms in total. The van der Waals surface area contributed by atoms with Gasteiger partial charge in [0.05, 0.1) is 12.3 Å². The number of aromatic carboxylic acids is 1. The molecule has 1 fully saturated rings. The standard InChI is InChI=1S/C19H24N4O3/c1-3-26-17-5-4-14(10-15(17)18(24)25)16-6-8-20-19(22-16)21-11-13-7-9-23(2)12-13/h4-6,8,10,13H,3,7,9,11-12H2,1-2H3,(H,24,25)(H,20,21,22)/t13-/m1/s1. The molecule has 0 radical (unpaired) electrons. The quantitative estimate of drug-likeness (QED) is 0.788. The van der Waals surface area contributed by atoms with Crippen molar-refractivity contribution < 1.29 is 14.6 Å². The molecule has 26 heavy (non-hydrogen) atoms. The molecule has 1 saturated heterocycles. The van der Waals surface area contributed by atoms with Crippen molar-refractivity contribution in [2.45, 2.75) is 13.3 Å². The highest BCUT2D eigenvalue weighted by atomic mass is 16.5. The van der Waals surface area contributed by atoms with Crippen LogP contribution in [0.15, 0.2) is 30.5 Å². The lowest BCUT2D eigenvalue weighted by Gasteiger charge is -2.12. The Hall–Kier alpha value is -2.67. The number of likely N-dealkylation sites (tertiary alicyclic amines) is 1. The number of carboxylic acids is 1. The molecule has 2 aromatic rings. The van der Waals surface area contributed by atoms with Crippen molar-refractivity contribution >= 4 is 11.9 Å². The molecule has 138 valence electrons. The number of hydrogen-bond donors (Lipinski definition) is 2. The summed E-state index contributed by atoms with van der Waals surface area (Å²) in [5.74, 6) is 0.494. The van der Waals surface area contributed by atoms with Crippen LogP contribution in [0.3, 0.4) is 0 Å². The Bertz CT molecular complexity index is 781. The smallest absolute Gasteiger partial charge is 0.339 e. The molecule has 0 aliphatic carbocycles. The Morgan fingerprint density at radius 1 is 1.42 bits per heavy atom. The van der Waals surface area contributed by atoms with Crippen molar-refractivity contribution in [1.29, 1.82) is 0 Å². The molecule has 0 bridgehead atoms. The fourth-order valence-corrected chi connectivity index (χ4v) is 3.17. The van der Waals surface area contributed by atoms with Crippen LogP contribution >= 0.6 is 0 Å². The van der Waals surface area contributed by atoms with Gasteiger partial charge in [0.1, 0.15) is 11.3 Å². The second kappa shape index (κ2) is 8.14. The maximum Gasteiger partial charge on any atom is 0.339 e. The molecule has 1 aliphatic rings. The van der Waals surface area contributed by atoms with Gasteiger partial charge in [-0.1, -0.05) is 0 Å². The normalized spacial score (nSPS) is 17.2. The molecule has 1 aliphatic heterocycles. The lowest BCUT2D eigenvalue weighted by Crippen LogP contribution is -2.19. The summed E-state index contributed by atoms with van der Waals surface area (Å²) in [5, 5.41) is 12.7. The summed E-state index contributed by atoms with van der Waals surface area (Å²) in [6.45, 7) is 5.27. The number of nitrogens with zero attached hydrogens (tertiary/aromatic N) is 3. The number of ether oxygens (including phenoxy) is 1. The molecule has 0 unspecified atom stereocenters. The van der Waals surface area contributed by atoms with Gasteiger partial charge in [-0.2, -0.15) is 0 Å². The van der Waals surface area contributed by atoms with E-state index >= 15 is 0 Å². The Morgan fingerprint density at radius 3 is 2.96 bits per heavy atom. The van der Waals surface area contributed by atoms with Crippen LogP contribution in [0, 0.1) is 5.92 Å². The van der Waals surface area contributed by atoms with Gasteiger partial charge in [-0.25, -0.2) is 14.8 Å². The summed E-state index contributed by atoms with van der Waals surface area (Å²) >= 11 is 0. The van der Waals surface area contributed by atoms with E-state index in [0.717, 1.165) is 25.2 Å². The molecule has 0 saturated carbocycles. The molecule has 1 aromatic heterocycles. The highest BCUT2D eigenvalue weighted by molar-refractivity contribution is 5.92. The van der Waals surface area contributed by atoms with Crippen molar-refractivity contribution in [2.24, 2.45) is 5.92 Å². The SMILES string of the molecule is CCOc1ccc(-c2ccnc(NC[C@H]3CCN(C)C3)n2)cc1C(=O)O. The Balaban J connectivity index is 1.77. The van der Waals surface area contributed by atoms with E-state index < -0.39 is 5.97 Å². The largest absolute Gasteiger partial charge is 0.493 e. The molecule has 2 heterocycles. The predicted octanol–water partition coefficient (Wildman–Crippen LogP) is 2.60. The fraction of sp³-hybridized carbons (Fsp3) is 0.421. The van der Waals surface area contributed by atoms with Crippen LogP contribution in [0.5, 0.6) is 5.75 Å². The van der Waals surface area contributed by atoms with Crippen LogP contribution in [0.4, 0.5) is 5.95 Å².